The molecule has 0 atom stereocenters. The average molecular weight is 619 g/mol. The predicted molar refractivity (Wildman–Crippen MR) is 162 cm³/mol. The van der Waals surface area contributed by atoms with Crippen LogP contribution in [0.25, 0.3) is 10.9 Å². The first kappa shape index (κ1) is 30.8. The number of nitrogens with zero attached hydrogens (tertiary/aromatic N) is 2. The van der Waals surface area contributed by atoms with E-state index < -0.39 is 34.4 Å². The van der Waals surface area contributed by atoms with Gasteiger partial charge in [-0.15, -0.1) is 0 Å². The number of aromatic nitrogens is 1. The van der Waals surface area contributed by atoms with Gasteiger partial charge in [-0.05, 0) is 75.6 Å². The van der Waals surface area contributed by atoms with Crippen molar-refractivity contribution in [3.8, 4) is 5.75 Å². The average Bonchev–Trinajstić information content (AvgIpc) is 3.32. The molecule has 1 fully saturated rings. The number of fused-ring (bicyclic) bond motifs is 3. The van der Waals surface area contributed by atoms with E-state index in [1.165, 1.54) is 18.2 Å². The second-order valence-corrected chi connectivity index (χ2v) is 13.1. The molecule has 3 heterocycles. The third kappa shape index (κ3) is 6.63. The number of hydrogen-bond donors (Lipinski definition) is 3. The highest BCUT2D eigenvalue weighted by atomic mass is 32.2. The standard InChI is InChI=1S/C30H36F2N4O6S/c1-4-41-26-8-7-24(23-16-21-17-42-30(2,3)18-36(21)27(23)26)33-29(38)22-6-5-20(34-43(39,40)14-13-37)15-25(22)35-11-9-19(10-12-35)28(31)32/h5-8,15-16,34,37H,4,9-14,17-18H2,1-3H3,(H,33,38). The van der Waals surface area contributed by atoms with Crippen LogP contribution < -0.4 is 19.7 Å². The Kier molecular flexibility index (Phi) is 8.68. The molecule has 2 aliphatic heterocycles. The van der Waals surface area contributed by atoms with Crippen molar-refractivity contribution in [2.75, 3.05) is 47.0 Å². The van der Waals surface area contributed by atoms with Gasteiger partial charge >= 0.3 is 0 Å². The van der Waals surface area contributed by atoms with Crippen LogP contribution in [0.3, 0.4) is 0 Å². The minimum atomic E-state index is -3.83. The molecule has 3 N–H and O–H groups in total. The predicted octanol–water partition coefficient (Wildman–Crippen LogP) is 5.09. The number of aliphatic hydroxyl groups is 1. The van der Waals surface area contributed by atoms with Gasteiger partial charge in [0.25, 0.3) is 12.0 Å². The van der Waals surface area contributed by atoms with Gasteiger partial charge in [0.1, 0.15) is 5.75 Å². The molecule has 0 aliphatic carbocycles. The fourth-order valence-electron chi connectivity index (χ4n) is 5.57. The van der Waals surface area contributed by atoms with Crippen LogP contribution >= 0.6 is 0 Å². The summed E-state index contributed by atoms with van der Waals surface area (Å²) in [6.07, 6.45) is -1.44. The third-order valence-corrected chi connectivity index (χ3v) is 8.92. The summed E-state index contributed by atoms with van der Waals surface area (Å²) < 4.78 is 67.6. The van der Waals surface area contributed by atoms with Gasteiger partial charge in [-0.3, -0.25) is 9.52 Å². The van der Waals surface area contributed by atoms with E-state index in [0.717, 1.165) is 16.6 Å². The first-order valence-electron chi connectivity index (χ1n) is 14.2. The molecule has 13 heteroatoms. The van der Waals surface area contributed by atoms with Crippen molar-refractivity contribution in [2.45, 2.75) is 52.4 Å². The highest BCUT2D eigenvalue weighted by molar-refractivity contribution is 7.92. The molecule has 0 spiro atoms. The maximum absolute atomic E-state index is 13.8. The number of nitrogens with one attached hydrogen (secondary N) is 2. The van der Waals surface area contributed by atoms with E-state index in [2.05, 4.69) is 14.6 Å². The molecule has 1 aromatic heterocycles. The van der Waals surface area contributed by atoms with Crippen LogP contribution in [0.5, 0.6) is 5.75 Å². The Morgan fingerprint density at radius 1 is 1.14 bits per heavy atom. The fourth-order valence-corrected chi connectivity index (χ4v) is 6.40. The number of benzene rings is 2. The van der Waals surface area contributed by atoms with Crippen molar-refractivity contribution >= 4 is 43.9 Å². The molecule has 0 unspecified atom stereocenters. The van der Waals surface area contributed by atoms with Crippen LogP contribution in [0.2, 0.25) is 0 Å². The van der Waals surface area contributed by atoms with Gasteiger partial charge in [0, 0.05) is 24.2 Å². The fraction of sp³-hybridized carbons (Fsp3) is 0.433. The lowest BCUT2D eigenvalue weighted by molar-refractivity contribution is -0.0614. The topological polar surface area (TPSA) is 122 Å². The number of hydrogen-bond acceptors (Lipinski definition) is 7. The maximum atomic E-state index is 13.8. The van der Waals surface area contributed by atoms with Gasteiger partial charge in [0.05, 0.1) is 65.9 Å². The van der Waals surface area contributed by atoms with E-state index >= 15 is 0 Å². The summed E-state index contributed by atoms with van der Waals surface area (Å²) in [6, 6.07) is 10.1. The second-order valence-electron chi connectivity index (χ2n) is 11.3. The molecule has 1 amide bonds. The molecule has 3 aromatic rings. The SMILES string of the molecule is CCOc1ccc(NC(=O)c2ccc(NS(=O)(=O)CCO)cc2N2CCC(=C(F)F)CC2)c2cc3n(c12)CC(C)(C)OC3. The largest absolute Gasteiger partial charge is 0.492 e. The first-order valence-corrected chi connectivity index (χ1v) is 15.8. The Balaban J connectivity index is 1.52. The monoisotopic (exact) mass is 618 g/mol. The van der Waals surface area contributed by atoms with E-state index in [1.807, 2.05) is 32.9 Å². The first-order chi connectivity index (χ1) is 20.4. The Morgan fingerprint density at radius 3 is 2.56 bits per heavy atom. The van der Waals surface area contributed by atoms with Crippen molar-refractivity contribution in [3.63, 3.8) is 0 Å². The van der Waals surface area contributed by atoms with E-state index in [4.69, 9.17) is 14.6 Å². The van der Waals surface area contributed by atoms with Crippen molar-refractivity contribution in [2.24, 2.45) is 0 Å². The van der Waals surface area contributed by atoms with Gasteiger partial charge < -0.3 is 29.4 Å². The van der Waals surface area contributed by atoms with Gasteiger partial charge in [0.2, 0.25) is 10.0 Å². The van der Waals surface area contributed by atoms with Crippen LogP contribution in [0.4, 0.5) is 25.8 Å². The molecular weight excluding hydrogens is 582 g/mol. The highest BCUT2D eigenvalue weighted by Crippen LogP contribution is 2.39. The van der Waals surface area contributed by atoms with Gasteiger partial charge in [-0.1, -0.05) is 0 Å². The summed E-state index contributed by atoms with van der Waals surface area (Å²) in [5.74, 6) is -0.239. The molecule has 0 saturated carbocycles. The molecule has 10 nitrogen and oxygen atoms in total. The molecule has 5 rings (SSSR count). The van der Waals surface area contributed by atoms with Crippen molar-refractivity contribution in [1.82, 2.24) is 4.57 Å². The van der Waals surface area contributed by atoms with Gasteiger partial charge in [-0.2, -0.15) is 8.78 Å². The molecule has 43 heavy (non-hydrogen) atoms. The van der Waals surface area contributed by atoms with Crippen molar-refractivity contribution in [1.29, 1.82) is 0 Å². The number of carbonyl (C=O) groups is 1. The molecule has 0 bridgehead atoms. The number of ether oxygens (including phenoxy) is 2. The summed E-state index contributed by atoms with van der Waals surface area (Å²) >= 11 is 0. The van der Waals surface area contributed by atoms with Crippen LogP contribution in [-0.2, 0) is 27.9 Å². The number of halogens is 2. The molecule has 2 aromatic carbocycles. The van der Waals surface area contributed by atoms with Gasteiger partial charge in [-0.25, -0.2) is 8.42 Å². The highest BCUT2D eigenvalue weighted by Gasteiger charge is 2.30. The molecule has 232 valence electrons. The van der Waals surface area contributed by atoms with Crippen LogP contribution in [-0.4, -0.2) is 61.7 Å². The normalized spacial score (nSPS) is 16.6. The van der Waals surface area contributed by atoms with E-state index in [9.17, 15) is 22.0 Å². The van der Waals surface area contributed by atoms with Crippen molar-refractivity contribution in [3.05, 3.63) is 59.3 Å². The van der Waals surface area contributed by atoms with Crippen LogP contribution in [0.15, 0.2) is 48.1 Å². The van der Waals surface area contributed by atoms with E-state index in [1.54, 1.807) is 11.0 Å². The summed E-state index contributed by atoms with van der Waals surface area (Å²) in [7, 11) is -3.83. The number of carbonyl (C=O) groups excluding carboxylic acids is 1. The number of piperidine rings is 1. The summed E-state index contributed by atoms with van der Waals surface area (Å²) in [6.45, 7) is 7.33. The van der Waals surface area contributed by atoms with E-state index in [0.29, 0.717) is 36.9 Å². The van der Waals surface area contributed by atoms with Gasteiger partial charge in [0.15, 0.2) is 0 Å². The Labute approximate surface area is 249 Å². The lowest BCUT2D eigenvalue weighted by Gasteiger charge is -2.32. The lowest BCUT2D eigenvalue weighted by Crippen LogP contribution is -2.35. The Bertz CT molecular complexity index is 1670. The summed E-state index contributed by atoms with van der Waals surface area (Å²) in [5.41, 5.74) is 2.92. The van der Waals surface area contributed by atoms with Crippen molar-refractivity contribution < 1.29 is 36.6 Å². The lowest BCUT2D eigenvalue weighted by atomic mass is 10.0. The van der Waals surface area contributed by atoms with E-state index in [-0.39, 0.29) is 48.4 Å². The summed E-state index contributed by atoms with van der Waals surface area (Å²) in [5, 5.41) is 12.9. The van der Waals surface area contributed by atoms with Crippen LogP contribution in [0.1, 0.15) is 49.7 Å². The maximum Gasteiger partial charge on any atom is 0.269 e. The summed E-state index contributed by atoms with van der Waals surface area (Å²) in [4.78, 5) is 15.6. The number of rotatable bonds is 9. The number of aliphatic hydroxyl groups excluding tert-OH is 1. The second kappa shape index (κ2) is 12.1. The quantitative estimate of drug-likeness (QED) is 0.306. The molecular formula is C30H36F2N4O6S. The van der Waals surface area contributed by atoms with Crippen LogP contribution in [0, 0.1) is 0 Å². The number of anilines is 3. The zero-order chi connectivity index (χ0) is 30.9. The smallest absolute Gasteiger partial charge is 0.269 e. The molecule has 2 aliphatic rings. The molecule has 1 saturated heterocycles. The third-order valence-electron chi connectivity index (χ3n) is 7.66. The zero-order valence-corrected chi connectivity index (χ0v) is 25.2. The minimum absolute atomic E-state index is 0.0728. The number of sulfonamides is 1. The Morgan fingerprint density at radius 2 is 1.88 bits per heavy atom. The minimum Gasteiger partial charge on any atom is -0.492 e. The zero-order valence-electron chi connectivity index (χ0n) is 24.4. The molecule has 0 radical (unpaired) electrons. The Hall–Kier alpha value is -3.68. The number of amides is 1.